The van der Waals surface area contributed by atoms with E-state index in [1.54, 1.807) is 6.20 Å². The summed E-state index contributed by atoms with van der Waals surface area (Å²) in [5.41, 5.74) is 0.378. The van der Waals surface area contributed by atoms with Crippen LogP contribution in [-0.4, -0.2) is 23.1 Å². The minimum Gasteiger partial charge on any atom is -0.355 e. The molecule has 0 amide bonds. The van der Waals surface area contributed by atoms with Crippen LogP contribution in [-0.2, 0) is 0 Å². The molecule has 0 aliphatic carbocycles. The zero-order chi connectivity index (χ0) is 9.10. The zero-order valence-corrected chi connectivity index (χ0v) is 7.27. The van der Waals surface area contributed by atoms with E-state index in [0.29, 0.717) is 5.69 Å². The molecule has 0 N–H and O–H groups in total. The molecule has 0 atom stereocenters. The molecule has 0 spiro atoms. The van der Waals surface area contributed by atoms with Crippen LogP contribution in [0.25, 0.3) is 0 Å². The van der Waals surface area contributed by atoms with Gasteiger partial charge in [-0.15, -0.1) is 0 Å². The van der Waals surface area contributed by atoms with Crippen molar-refractivity contribution >= 4 is 5.82 Å². The zero-order valence-electron chi connectivity index (χ0n) is 7.27. The lowest BCUT2D eigenvalue weighted by Gasteiger charge is -2.14. The van der Waals surface area contributed by atoms with Crippen molar-refractivity contribution in [3.63, 3.8) is 0 Å². The maximum atomic E-state index is 8.53. The van der Waals surface area contributed by atoms with E-state index in [2.05, 4.69) is 14.9 Å². The molecule has 66 valence electrons. The van der Waals surface area contributed by atoms with Gasteiger partial charge in [0.05, 0.1) is 12.4 Å². The van der Waals surface area contributed by atoms with E-state index >= 15 is 0 Å². The molecule has 1 fully saturated rings. The minimum atomic E-state index is 0.378. The largest absolute Gasteiger partial charge is 0.355 e. The number of hydrogen-bond acceptors (Lipinski definition) is 4. The molecular weight excluding hydrogens is 164 g/mol. The smallest absolute Gasteiger partial charge is 0.158 e. The maximum Gasteiger partial charge on any atom is 0.158 e. The molecule has 1 aromatic heterocycles. The third kappa shape index (κ3) is 1.59. The first-order valence-corrected chi connectivity index (χ1v) is 4.37. The maximum absolute atomic E-state index is 8.53. The third-order valence-corrected chi connectivity index (χ3v) is 2.18. The van der Waals surface area contributed by atoms with Crippen LogP contribution in [0.5, 0.6) is 0 Å². The van der Waals surface area contributed by atoms with Crippen molar-refractivity contribution in [1.82, 2.24) is 9.97 Å². The van der Waals surface area contributed by atoms with Gasteiger partial charge in [-0.2, -0.15) is 5.26 Å². The summed E-state index contributed by atoms with van der Waals surface area (Å²) in [5.74, 6) is 0.886. The van der Waals surface area contributed by atoms with Crippen molar-refractivity contribution in [2.45, 2.75) is 12.8 Å². The first kappa shape index (κ1) is 7.99. The Labute approximate surface area is 76.8 Å². The van der Waals surface area contributed by atoms with E-state index in [0.717, 1.165) is 18.9 Å². The number of aromatic nitrogens is 2. The van der Waals surface area contributed by atoms with E-state index < -0.39 is 0 Å². The highest BCUT2D eigenvalue weighted by Gasteiger charge is 2.13. The van der Waals surface area contributed by atoms with Gasteiger partial charge in [-0.3, -0.25) is 0 Å². The van der Waals surface area contributed by atoms with Gasteiger partial charge in [-0.05, 0) is 12.8 Å². The van der Waals surface area contributed by atoms with Gasteiger partial charge in [0.25, 0.3) is 0 Å². The predicted molar refractivity (Wildman–Crippen MR) is 48.2 cm³/mol. The third-order valence-electron chi connectivity index (χ3n) is 2.18. The lowest BCUT2D eigenvalue weighted by atomic mass is 10.4. The molecule has 2 rings (SSSR count). The predicted octanol–water partition coefficient (Wildman–Crippen LogP) is 0.948. The Morgan fingerprint density at radius 2 is 2.00 bits per heavy atom. The quantitative estimate of drug-likeness (QED) is 0.636. The van der Waals surface area contributed by atoms with Crippen molar-refractivity contribution in [1.29, 1.82) is 5.26 Å². The molecule has 0 bridgehead atoms. The Balaban J connectivity index is 2.18. The number of rotatable bonds is 1. The average Bonchev–Trinajstić information content (AvgIpc) is 2.71. The molecule has 1 saturated heterocycles. The molecule has 4 heteroatoms. The SMILES string of the molecule is N#Cc1cnc(N2CCCC2)cn1. The topological polar surface area (TPSA) is 52.8 Å². The number of nitrogens with zero attached hydrogens (tertiary/aromatic N) is 4. The number of nitriles is 1. The Hall–Kier alpha value is -1.63. The van der Waals surface area contributed by atoms with Crippen LogP contribution in [0, 0.1) is 11.3 Å². The summed E-state index contributed by atoms with van der Waals surface area (Å²) in [4.78, 5) is 10.3. The van der Waals surface area contributed by atoms with Crippen molar-refractivity contribution in [2.24, 2.45) is 0 Å². The van der Waals surface area contributed by atoms with Gasteiger partial charge >= 0.3 is 0 Å². The van der Waals surface area contributed by atoms with Crippen LogP contribution >= 0.6 is 0 Å². The molecule has 0 unspecified atom stereocenters. The molecule has 1 aliphatic rings. The second-order valence-corrected chi connectivity index (χ2v) is 3.07. The van der Waals surface area contributed by atoms with Gasteiger partial charge in [0.1, 0.15) is 11.9 Å². The van der Waals surface area contributed by atoms with Crippen molar-refractivity contribution in [3.8, 4) is 6.07 Å². The van der Waals surface area contributed by atoms with Crippen LogP contribution in [0.1, 0.15) is 18.5 Å². The average molecular weight is 174 g/mol. The Bertz CT molecular complexity index is 318. The van der Waals surface area contributed by atoms with E-state index in [4.69, 9.17) is 5.26 Å². The molecule has 1 aromatic rings. The summed E-state index contributed by atoms with van der Waals surface area (Å²) < 4.78 is 0. The highest BCUT2D eigenvalue weighted by atomic mass is 15.2. The summed E-state index contributed by atoms with van der Waals surface area (Å²) in [5, 5.41) is 8.53. The lowest BCUT2D eigenvalue weighted by Crippen LogP contribution is -2.19. The summed E-state index contributed by atoms with van der Waals surface area (Å²) in [6, 6.07) is 1.95. The Morgan fingerprint density at radius 1 is 1.23 bits per heavy atom. The van der Waals surface area contributed by atoms with Crippen LogP contribution in [0.4, 0.5) is 5.82 Å². The highest BCUT2D eigenvalue weighted by Crippen LogP contribution is 2.15. The monoisotopic (exact) mass is 174 g/mol. The first-order valence-electron chi connectivity index (χ1n) is 4.37. The molecule has 0 aromatic carbocycles. The second-order valence-electron chi connectivity index (χ2n) is 3.07. The Morgan fingerprint density at radius 3 is 2.54 bits per heavy atom. The second kappa shape index (κ2) is 3.40. The summed E-state index contributed by atoms with van der Waals surface area (Å²) >= 11 is 0. The number of hydrogen-bond donors (Lipinski definition) is 0. The van der Waals surface area contributed by atoms with Crippen LogP contribution in [0.2, 0.25) is 0 Å². The van der Waals surface area contributed by atoms with Gasteiger partial charge in [0, 0.05) is 13.1 Å². The summed E-state index contributed by atoms with van der Waals surface area (Å²) in [6.45, 7) is 2.11. The molecule has 4 nitrogen and oxygen atoms in total. The standard InChI is InChI=1S/C9H10N4/c10-5-8-6-12-9(7-11-8)13-3-1-2-4-13/h6-7H,1-4H2. The molecular formula is C9H10N4. The minimum absolute atomic E-state index is 0.378. The molecule has 0 radical (unpaired) electrons. The van der Waals surface area contributed by atoms with Gasteiger partial charge in [0.2, 0.25) is 0 Å². The fraction of sp³-hybridized carbons (Fsp3) is 0.444. The fourth-order valence-electron chi connectivity index (χ4n) is 1.49. The fourth-order valence-corrected chi connectivity index (χ4v) is 1.49. The van der Waals surface area contributed by atoms with Gasteiger partial charge < -0.3 is 4.90 Å². The van der Waals surface area contributed by atoms with Gasteiger partial charge in [-0.25, -0.2) is 9.97 Å². The lowest BCUT2D eigenvalue weighted by molar-refractivity contribution is 0.924. The normalized spacial score (nSPS) is 15.8. The number of anilines is 1. The van der Waals surface area contributed by atoms with Gasteiger partial charge in [0.15, 0.2) is 5.69 Å². The first-order chi connectivity index (χ1) is 6.40. The van der Waals surface area contributed by atoms with Crippen molar-refractivity contribution in [3.05, 3.63) is 18.1 Å². The van der Waals surface area contributed by atoms with E-state index in [-0.39, 0.29) is 0 Å². The summed E-state index contributed by atoms with van der Waals surface area (Å²) in [7, 11) is 0. The van der Waals surface area contributed by atoms with Crippen molar-refractivity contribution < 1.29 is 0 Å². The van der Waals surface area contributed by atoms with Crippen molar-refractivity contribution in [2.75, 3.05) is 18.0 Å². The highest BCUT2D eigenvalue weighted by molar-refractivity contribution is 5.37. The van der Waals surface area contributed by atoms with Crippen LogP contribution in [0.3, 0.4) is 0 Å². The van der Waals surface area contributed by atoms with E-state index in [1.165, 1.54) is 19.0 Å². The van der Waals surface area contributed by atoms with Crippen LogP contribution < -0.4 is 4.90 Å². The van der Waals surface area contributed by atoms with E-state index in [1.807, 2.05) is 6.07 Å². The Kier molecular flexibility index (Phi) is 2.09. The van der Waals surface area contributed by atoms with Crippen LogP contribution in [0.15, 0.2) is 12.4 Å². The molecule has 0 saturated carbocycles. The molecule has 2 heterocycles. The van der Waals surface area contributed by atoms with E-state index in [9.17, 15) is 0 Å². The molecule has 1 aliphatic heterocycles. The van der Waals surface area contributed by atoms with Gasteiger partial charge in [-0.1, -0.05) is 0 Å². The molecule has 13 heavy (non-hydrogen) atoms. The summed E-state index contributed by atoms with van der Waals surface area (Å²) in [6.07, 6.45) is 5.64.